The third kappa shape index (κ3) is 3.05. The van der Waals surface area contributed by atoms with Crippen LogP contribution >= 0.6 is 11.3 Å². The van der Waals surface area contributed by atoms with Gasteiger partial charge < -0.3 is 4.74 Å². The molecule has 4 rings (SSSR count). The molecule has 146 valence electrons. The molecule has 1 aliphatic carbocycles. The van der Waals surface area contributed by atoms with E-state index >= 15 is 0 Å². The van der Waals surface area contributed by atoms with E-state index in [0.717, 1.165) is 28.8 Å². The number of aromatic nitrogens is 2. The minimum atomic E-state index is -0.661. The van der Waals surface area contributed by atoms with Gasteiger partial charge in [-0.25, -0.2) is 9.78 Å². The van der Waals surface area contributed by atoms with E-state index in [2.05, 4.69) is 23.2 Å². The van der Waals surface area contributed by atoms with Gasteiger partial charge in [-0.05, 0) is 55.7 Å². The molecule has 0 fully saturated rings. The number of aryl methyl sites for hydroxylation is 3. The number of methoxy groups -OCH3 is 1. The Kier molecular flexibility index (Phi) is 5.06. The first-order valence-electron chi connectivity index (χ1n) is 9.75. The summed E-state index contributed by atoms with van der Waals surface area (Å²) in [4.78, 5) is 31.8. The number of ether oxygens (including phenoxy) is 1. The van der Waals surface area contributed by atoms with Gasteiger partial charge in [0.2, 0.25) is 0 Å². The first-order chi connectivity index (χ1) is 13.5. The van der Waals surface area contributed by atoms with Crippen molar-refractivity contribution in [2.45, 2.75) is 52.0 Å². The zero-order chi connectivity index (χ0) is 19.8. The van der Waals surface area contributed by atoms with Crippen LogP contribution in [0.1, 0.15) is 48.2 Å². The number of benzene rings is 1. The van der Waals surface area contributed by atoms with Crippen molar-refractivity contribution in [3.8, 4) is 11.1 Å². The maximum absolute atomic E-state index is 13.4. The van der Waals surface area contributed by atoms with E-state index in [4.69, 9.17) is 4.74 Å². The van der Waals surface area contributed by atoms with Gasteiger partial charge in [0.05, 0.1) is 18.8 Å². The lowest BCUT2D eigenvalue weighted by Gasteiger charge is -2.17. The molecule has 28 heavy (non-hydrogen) atoms. The average Bonchev–Trinajstić information content (AvgIpc) is 3.06. The molecular formula is C22H24N2O3S. The second kappa shape index (κ2) is 7.51. The molecule has 0 amide bonds. The number of carbonyl (C=O) groups excluding carboxylic acids is 1. The van der Waals surface area contributed by atoms with Crippen molar-refractivity contribution in [3.05, 3.63) is 50.9 Å². The molecule has 5 nitrogen and oxygen atoms in total. The monoisotopic (exact) mass is 396 g/mol. The van der Waals surface area contributed by atoms with Crippen molar-refractivity contribution in [3.63, 3.8) is 0 Å². The Bertz CT molecular complexity index is 1110. The smallest absolute Gasteiger partial charge is 0.329 e. The van der Waals surface area contributed by atoms with Crippen LogP contribution < -0.4 is 5.56 Å². The molecule has 0 spiro atoms. The molecule has 0 saturated heterocycles. The Morgan fingerprint density at radius 3 is 2.75 bits per heavy atom. The largest absolute Gasteiger partial charge is 0.467 e. The molecular weight excluding hydrogens is 372 g/mol. The van der Waals surface area contributed by atoms with Crippen molar-refractivity contribution in [1.82, 2.24) is 9.55 Å². The number of nitrogens with zero attached hydrogens (tertiary/aromatic N) is 2. The zero-order valence-corrected chi connectivity index (χ0v) is 17.3. The van der Waals surface area contributed by atoms with Gasteiger partial charge in [-0.1, -0.05) is 25.1 Å². The van der Waals surface area contributed by atoms with Crippen molar-refractivity contribution in [2.75, 3.05) is 7.11 Å². The molecule has 1 aliphatic rings. The predicted octanol–water partition coefficient (Wildman–Crippen LogP) is 4.44. The van der Waals surface area contributed by atoms with E-state index in [1.165, 1.54) is 53.3 Å². The van der Waals surface area contributed by atoms with Crippen LogP contribution in [0, 0.1) is 6.92 Å². The van der Waals surface area contributed by atoms with Gasteiger partial charge in [-0.3, -0.25) is 9.36 Å². The highest BCUT2D eigenvalue weighted by Crippen LogP contribution is 2.37. The van der Waals surface area contributed by atoms with Crippen molar-refractivity contribution < 1.29 is 9.53 Å². The van der Waals surface area contributed by atoms with Crippen LogP contribution in [0.3, 0.4) is 0 Å². The summed E-state index contributed by atoms with van der Waals surface area (Å²) in [5.74, 6) is -0.423. The molecule has 6 heteroatoms. The van der Waals surface area contributed by atoms with E-state index in [1.807, 2.05) is 13.8 Å². The van der Waals surface area contributed by atoms with Gasteiger partial charge in [-0.15, -0.1) is 11.3 Å². The summed E-state index contributed by atoms with van der Waals surface area (Å²) < 4.78 is 6.30. The summed E-state index contributed by atoms with van der Waals surface area (Å²) in [6.45, 7) is 3.89. The second-order valence-corrected chi connectivity index (χ2v) is 8.51. The van der Waals surface area contributed by atoms with Crippen LogP contribution in [-0.2, 0) is 22.4 Å². The maximum atomic E-state index is 13.4. The molecule has 0 radical (unpaired) electrons. The maximum Gasteiger partial charge on any atom is 0.329 e. The van der Waals surface area contributed by atoms with Crippen LogP contribution in [0.5, 0.6) is 0 Å². The highest BCUT2D eigenvalue weighted by molar-refractivity contribution is 7.19. The Morgan fingerprint density at radius 1 is 1.29 bits per heavy atom. The van der Waals surface area contributed by atoms with E-state index in [1.54, 1.807) is 0 Å². The molecule has 1 atom stereocenters. The lowest BCUT2D eigenvalue weighted by Crippen LogP contribution is -2.30. The highest BCUT2D eigenvalue weighted by atomic mass is 32.1. The molecule has 1 aromatic carbocycles. The van der Waals surface area contributed by atoms with E-state index in [0.29, 0.717) is 16.6 Å². The lowest BCUT2D eigenvalue weighted by atomic mass is 9.89. The summed E-state index contributed by atoms with van der Waals surface area (Å²) in [7, 11) is 1.34. The molecule has 0 bridgehead atoms. The summed E-state index contributed by atoms with van der Waals surface area (Å²) in [5.41, 5.74) is 4.62. The van der Waals surface area contributed by atoms with Crippen LogP contribution in [0.2, 0.25) is 0 Å². The van der Waals surface area contributed by atoms with Crippen molar-refractivity contribution >= 4 is 27.5 Å². The highest BCUT2D eigenvalue weighted by Gasteiger charge is 2.24. The van der Waals surface area contributed by atoms with Crippen LogP contribution in [0.25, 0.3) is 21.3 Å². The Labute approximate surface area is 168 Å². The Morgan fingerprint density at radius 2 is 2.04 bits per heavy atom. The fourth-order valence-corrected chi connectivity index (χ4v) is 5.19. The number of rotatable bonds is 4. The minimum Gasteiger partial charge on any atom is -0.467 e. The summed E-state index contributed by atoms with van der Waals surface area (Å²) >= 11 is 1.53. The fraction of sp³-hybridized carbons (Fsp3) is 0.409. The van der Waals surface area contributed by atoms with Gasteiger partial charge in [0.25, 0.3) is 5.56 Å². The Balaban J connectivity index is 1.92. The molecule has 2 aromatic heterocycles. The molecule has 1 unspecified atom stereocenters. The minimum absolute atomic E-state index is 0.181. The first-order valence-corrected chi connectivity index (χ1v) is 10.6. The van der Waals surface area contributed by atoms with Gasteiger partial charge in [0.15, 0.2) is 0 Å². The van der Waals surface area contributed by atoms with Crippen LogP contribution in [-0.4, -0.2) is 22.6 Å². The van der Waals surface area contributed by atoms with Crippen molar-refractivity contribution in [1.29, 1.82) is 0 Å². The summed E-state index contributed by atoms with van der Waals surface area (Å²) in [6.07, 6.45) is 6.62. The normalized spacial score (nSPS) is 14.7. The number of carbonyl (C=O) groups is 1. The van der Waals surface area contributed by atoms with Gasteiger partial charge in [0, 0.05) is 10.4 Å². The number of thiophene rings is 1. The first kappa shape index (κ1) is 18.9. The molecule has 2 heterocycles. The second-order valence-electron chi connectivity index (χ2n) is 7.31. The average molecular weight is 397 g/mol. The molecule has 3 aromatic rings. The Hall–Kier alpha value is -2.47. The van der Waals surface area contributed by atoms with Crippen LogP contribution in [0.15, 0.2) is 29.3 Å². The van der Waals surface area contributed by atoms with Gasteiger partial charge in [-0.2, -0.15) is 0 Å². The van der Waals surface area contributed by atoms with E-state index in [9.17, 15) is 9.59 Å². The standard InChI is InChI=1S/C22H24N2O3S/c1-4-17(22(26)27-3)24-12-23-20-19(21(24)25)18(13(2)28-20)16-10-9-14-7-5-6-8-15(14)11-16/h9-12,17H,4-8H2,1-3H3. The zero-order valence-electron chi connectivity index (χ0n) is 16.4. The van der Waals surface area contributed by atoms with Gasteiger partial charge >= 0.3 is 5.97 Å². The molecule has 0 aliphatic heterocycles. The number of fused-ring (bicyclic) bond motifs is 2. The quantitative estimate of drug-likeness (QED) is 0.612. The van der Waals surface area contributed by atoms with E-state index < -0.39 is 12.0 Å². The topological polar surface area (TPSA) is 61.2 Å². The summed E-state index contributed by atoms with van der Waals surface area (Å²) in [5, 5.41) is 0.600. The predicted molar refractivity (Wildman–Crippen MR) is 112 cm³/mol. The lowest BCUT2D eigenvalue weighted by molar-refractivity contribution is -0.144. The number of hydrogen-bond acceptors (Lipinski definition) is 5. The number of hydrogen-bond donors (Lipinski definition) is 0. The fourth-order valence-electron chi connectivity index (χ4n) is 4.19. The van der Waals surface area contributed by atoms with Gasteiger partial charge in [0.1, 0.15) is 10.9 Å². The summed E-state index contributed by atoms with van der Waals surface area (Å²) in [6, 6.07) is 5.89. The number of esters is 1. The molecule has 0 saturated carbocycles. The molecule has 0 N–H and O–H groups in total. The third-order valence-corrected chi connectivity index (χ3v) is 6.66. The van der Waals surface area contributed by atoms with Crippen LogP contribution in [0.4, 0.5) is 0 Å². The third-order valence-electron chi connectivity index (χ3n) is 5.65. The van der Waals surface area contributed by atoms with Crippen molar-refractivity contribution in [2.24, 2.45) is 0 Å². The SMILES string of the molecule is CCC(C(=O)OC)n1cnc2sc(C)c(-c3ccc4c(c3)CCCC4)c2c1=O. The van der Waals surface area contributed by atoms with E-state index in [-0.39, 0.29) is 5.56 Å².